The topological polar surface area (TPSA) is 38.0 Å². The van der Waals surface area contributed by atoms with Crippen LogP contribution >= 0.6 is 0 Å². The maximum absolute atomic E-state index is 6.22. The Labute approximate surface area is 104 Å². The van der Waals surface area contributed by atoms with Crippen LogP contribution in [0.5, 0.6) is 0 Å². The average molecular weight is 230 g/mol. The van der Waals surface area contributed by atoms with Gasteiger partial charge in [0.2, 0.25) is 0 Å². The van der Waals surface area contributed by atoms with Crippen molar-refractivity contribution >= 4 is 0 Å². The van der Waals surface area contributed by atoms with E-state index in [1.165, 1.54) is 5.56 Å². The van der Waals surface area contributed by atoms with E-state index in [0.29, 0.717) is 6.04 Å². The fraction of sp³-hybridized carbons (Fsp3) is 0.467. The number of benzene rings is 1. The molecule has 0 fully saturated rings. The summed E-state index contributed by atoms with van der Waals surface area (Å²) in [6.07, 6.45) is 9.02. The Hall–Kier alpha value is -1.12. The fourth-order valence-electron chi connectivity index (χ4n) is 2.31. The van der Waals surface area contributed by atoms with Gasteiger partial charge in [-0.2, -0.15) is 0 Å². The van der Waals surface area contributed by atoms with Gasteiger partial charge in [-0.25, -0.2) is 0 Å². The number of allylic oxidation sites excluding steroid dienone is 2. The van der Waals surface area contributed by atoms with Crippen LogP contribution in [0.3, 0.4) is 0 Å². The van der Waals surface area contributed by atoms with Crippen molar-refractivity contribution in [3.05, 3.63) is 48.0 Å². The van der Waals surface area contributed by atoms with Gasteiger partial charge in [0, 0.05) is 18.6 Å². The highest BCUT2D eigenvalue weighted by atomic mass is 14.9. The predicted octanol–water partition coefficient (Wildman–Crippen LogP) is 2.60. The van der Waals surface area contributed by atoms with Crippen LogP contribution in [0.15, 0.2) is 42.5 Å². The van der Waals surface area contributed by atoms with Crippen LogP contribution in [0.25, 0.3) is 0 Å². The van der Waals surface area contributed by atoms with E-state index in [9.17, 15) is 0 Å². The second-order valence-electron chi connectivity index (χ2n) is 4.76. The first-order chi connectivity index (χ1) is 8.36. The van der Waals surface area contributed by atoms with Crippen LogP contribution in [0.4, 0.5) is 0 Å². The lowest BCUT2D eigenvalue weighted by atomic mass is 9.96. The van der Waals surface area contributed by atoms with Crippen LogP contribution in [0.1, 0.15) is 31.2 Å². The van der Waals surface area contributed by atoms with Gasteiger partial charge in [0.25, 0.3) is 0 Å². The van der Waals surface area contributed by atoms with Crippen LogP contribution in [-0.4, -0.2) is 12.1 Å². The highest BCUT2D eigenvalue weighted by Crippen LogP contribution is 2.12. The van der Waals surface area contributed by atoms with E-state index in [-0.39, 0.29) is 6.04 Å². The first-order valence-electron chi connectivity index (χ1n) is 6.54. The van der Waals surface area contributed by atoms with E-state index in [1.54, 1.807) is 0 Å². The molecule has 0 heterocycles. The van der Waals surface area contributed by atoms with Crippen molar-refractivity contribution in [2.45, 2.75) is 44.3 Å². The molecule has 2 atom stereocenters. The molecule has 0 radical (unpaired) electrons. The SMILES string of the molecule is N[C@H]1CC/C=C\CC[C@@H]1NCc1ccccc1. The van der Waals surface area contributed by atoms with Gasteiger partial charge in [0.15, 0.2) is 0 Å². The maximum atomic E-state index is 6.22. The zero-order chi connectivity index (χ0) is 11.9. The third kappa shape index (κ3) is 3.99. The van der Waals surface area contributed by atoms with Gasteiger partial charge in [-0.05, 0) is 31.2 Å². The Morgan fingerprint density at radius 1 is 1.06 bits per heavy atom. The van der Waals surface area contributed by atoms with Gasteiger partial charge in [-0.15, -0.1) is 0 Å². The number of nitrogens with one attached hydrogen (secondary N) is 1. The zero-order valence-electron chi connectivity index (χ0n) is 10.3. The lowest BCUT2D eigenvalue weighted by Gasteiger charge is -2.26. The van der Waals surface area contributed by atoms with Crippen molar-refractivity contribution < 1.29 is 0 Å². The summed E-state index contributed by atoms with van der Waals surface area (Å²) in [5.41, 5.74) is 7.55. The number of hydrogen-bond acceptors (Lipinski definition) is 2. The van der Waals surface area contributed by atoms with Crippen LogP contribution in [-0.2, 0) is 6.54 Å². The largest absolute Gasteiger partial charge is 0.326 e. The van der Waals surface area contributed by atoms with Gasteiger partial charge in [0.1, 0.15) is 0 Å². The summed E-state index contributed by atoms with van der Waals surface area (Å²) in [5, 5.41) is 3.60. The second-order valence-corrected chi connectivity index (χ2v) is 4.76. The van der Waals surface area contributed by atoms with E-state index in [4.69, 9.17) is 5.73 Å². The van der Waals surface area contributed by atoms with Crippen LogP contribution < -0.4 is 11.1 Å². The highest BCUT2D eigenvalue weighted by molar-refractivity contribution is 5.14. The summed E-state index contributed by atoms with van der Waals surface area (Å²) in [6, 6.07) is 11.2. The third-order valence-corrected chi connectivity index (χ3v) is 3.41. The molecule has 17 heavy (non-hydrogen) atoms. The lowest BCUT2D eigenvalue weighted by Crippen LogP contribution is -2.44. The molecule has 2 nitrogen and oxygen atoms in total. The molecule has 1 aromatic rings. The molecule has 1 aliphatic carbocycles. The summed E-state index contributed by atoms with van der Waals surface area (Å²) in [6.45, 7) is 0.920. The lowest BCUT2D eigenvalue weighted by molar-refractivity contribution is 0.387. The molecule has 2 rings (SSSR count). The molecule has 0 unspecified atom stereocenters. The monoisotopic (exact) mass is 230 g/mol. The molecule has 0 amide bonds. The first kappa shape index (κ1) is 12.3. The standard InChI is InChI=1S/C15H22N2/c16-14-10-6-1-2-7-11-15(14)17-12-13-8-4-3-5-9-13/h1-5,8-9,14-15,17H,6-7,10-12,16H2/b2-1-/t14-,15-/m0/s1. The summed E-state index contributed by atoms with van der Waals surface area (Å²) in [5.74, 6) is 0. The Balaban J connectivity index is 1.86. The Bertz CT molecular complexity index is 345. The molecule has 1 aromatic carbocycles. The van der Waals surface area contributed by atoms with E-state index in [1.807, 2.05) is 0 Å². The number of hydrogen-bond donors (Lipinski definition) is 2. The maximum Gasteiger partial charge on any atom is 0.0225 e. The third-order valence-electron chi connectivity index (χ3n) is 3.41. The van der Waals surface area contributed by atoms with Gasteiger partial charge < -0.3 is 11.1 Å². The molecular formula is C15H22N2. The predicted molar refractivity (Wildman–Crippen MR) is 72.7 cm³/mol. The minimum Gasteiger partial charge on any atom is -0.326 e. The Morgan fingerprint density at radius 3 is 2.53 bits per heavy atom. The fourth-order valence-corrected chi connectivity index (χ4v) is 2.31. The molecule has 3 N–H and O–H groups in total. The molecule has 0 spiro atoms. The molecule has 0 saturated heterocycles. The second kappa shape index (κ2) is 6.58. The zero-order valence-corrected chi connectivity index (χ0v) is 10.3. The van der Waals surface area contributed by atoms with Crippen molar-refractivity contribution in [3.63, 3.8) is 0 Å². The summed E-state index contributed by atoms with van der Waals surface area (Å²) in [4.78, 5) is 0. The molecular weight excluding hydrogens is 208 g/mol. The van der Waals surface area contributed by atoms with Crippen molar-refractivity contribution in [1.29, 1.82) is 0 Å². The summed E-state index contributed by atoms with van der Waals surface area (Å²) < 4.78 is 0. The van der Waals surface area contributed by atoms with Crippen molar-refractivity contribution in [2.75, 3.05) is 0 Å². The molecule has 1 aliphatic rings. The quantitative estimate of drug-likeness (QED) is 0.783. The first-order valence-corrected chi connectivity index (χ1v) is 6.54. The van der Waals surface area contributed by atoms with Crippen molar-refractivity contribution in [3.8, 4) is 0 Å². The molecule has 0 aromatic heterocycles. The summed E-state index contributed by atoms with van der Waals surface area (Å²) in [7, 11) is 0. The van der Waals surface area contributed by atoms with Crippen molar-refractivity contribution in [1.82, 2.24) is 5.32 Å². The Kier molecular flexibility index (Phi) is 4.77. The molecule has 0 aliphatic heterocycles. The van der Waals surface area contributed by atoms with Crippen LogP contribution in [0, 0.1) is 0 Å². The number of nitrogens with two attached hydrogens (primary N) is 1. The van der Waals surface area contributed by atoms with Gasteiger partial charge in [0.05, 0.1) is 0 Å². The minimum atomic E-state index is 0.281. The van der Waals surface area contributed by atoms with Gasteiger partial charge in [-0.3, -0.25) is 0 Å². The van der Waals surface area contributed by atoms with Gasteiger partial charge in [-0.1, -0.05) is 42.5 Å². The van der Waals surface area contributed by atoms with E-state index in [0.717, 1.165) is 32.2 Å². The Morgan fingerprint density at radius 2 is 1.76 bits per heavy atom. The van der Waals surface area contributed by atoms with E-state index >= 15 is 0 Å². The molecule has 0 bridgehead atoms. The highest BCUT2D eigenvalue weighted by Gasteiger charge is 2.16. The van der Waals surface area contributed by atoms with Gasteiger partial charge >= 0.3 is 0 Å². The smallest absolute Gasteiger partial charge is 0.0225 e. The molecule has 2 heteroatoms. The van der Waals surface area contributed by atoms with Crippen LogP contribution in [0.2, 0.25) is 0 Å². The normalized spacial score (nSPS) is 27.1. The average Bonchev–Trinajstić information content (AvgIpc) is 2.35. The minimum absolute atomic E-state index is 0.281. The summed E-state index contributed by atoms with van der Waals surface area (Å²) >= 11 is 0. The van der Waals surface area contributed by atoms with E-state index < -0.39 is 0 Å². The van der Waals surface area contributed by atoms with E-state index in [2.05, 4.69) is 47.8 Å². The molecule has 0 saturated carbocycles. The number of rotatable bonds is 3. The molecule has 92 valence electrons. The van der Waals surface area contributed by atoms with Crippen molar-refractivity contribution in [2.24, 2.45) is 5.73 Å².